The number of rotatable bonds is 2. The third kappa shape index (κ3) is 2.42. The predicted octanol–water partition coefficient (Wildman–Crippen LogP) is 1.01. The van der Waals surface area contributed by atoms with Gasteiger partial charge in [-0.1, -0.05) is 6.92 Å². The van der Waals surface area contributed by atoms with Crippen molar-refractivity contribution in [2.45, 2.75) is 19.5 Å². The zero-order valence-corrected chi connectivity index (χ0v) is 5.85. The highest BCUT2D eigenvalue weighted by atomic mass is 28.3. The highest BCUT2D eigenvalue weighted by Crippen LogP contribution is 1.86. The molecule has 0 aromatic heterocycles. The molecule has 0 heterocycles. The lowest BCUT2D eigenvalue weighted by Gasteiger charge is -1.98. The Morgan fingerprint density at radius 2 is 2.17 bits per heavy atom. The zero-order chi connectivity index (χ0) is 4.99. The van der Waals surface area contributed by atoms with E-state index in [0.29, 0.717) is 0 Å². The molecule has 2 heteroatoms. The van der Waals surface area contributed by atoms with E-state index in [9.17, 15) is 0 Å². The van der Waals surface area contributed by atoms with Gasteiger partial charge < -0.3 is 4.43 Å². The fourth-order valence-corrected chi connectivity index (χ4v) is 0.500. The molecule has 1 unspecified atom stereocenters. The van der Waals surface area contributed by atoms with Crippen molar-refractivity contribution in [2.24, 2.45) is 0 Å². The van der Waals surface area contributed by atoms with Crippen LogP contribution in [0.2, 0.25) is 12.6 Å². The van der Waals surface area contributed by atoms with E-state index < -0.39 is 9.04 Å². The van der Waals surface area contributed by atoms with Gasteiger partial charge in [0.2, 0.25) is 0 Å². The molecule has 6 heavy (non-hydrogen) atoms. The van der Waals surface area contributed by atoms with E-state index in [1.807, 2.05) is 0 Å². The van der Waals surface area contributed by atoms with Crippen LogP contribution in [0.4, 0.5) is 0 Å². The summed E-state index contributed by atoms with van der Waals surface area (Å²) in [4.78, 5) is 0. The van der Waals surface area contributed by atoms with Gasteiger partial charge in [-0.15, -0.1) is 0 Å². The van der Waals surface area contributed by atoms with E-state index >= 15 is 0 Å². The van der Waals surface area contributed by atoms with E-state index in [2.05, 4.69) is 13.5 Å². The van der Waals surface area contributed by atoms with Gasteiger partial charge in [-0.2, -0.15) is 0 Å². The quantitative estimate of drug-likeness (QED) is 0.475. The van der Waals surface area contributed by atoms with Crippen molar-refractivity contribution < 1.29 is 4.43 Å². The summed E-state index contributed by atoms with van der Waals surface area (Å²) in [5, 5.41) is 0. The van der Waals surface area contributed by atoms with Crippen molar-refractivity contribution >= 4 is 9.04 Å². The Balaban J connectivity index is 2.75. The Bertz CT molecular complexity index is 26.7. The molecule has 0 N–H and O–H groups in total. The van der Waals surface area contributed by atoms with Crippen molar-refractivity contribution in [2.75, 3.05) is 7.11 Å². The molecule has 0 aromatic carbocycles. The Labute approximate surface area is 41.0 Å². The fourth-order valence-electron chi connectivity index (χ4n) is 0.167. The number of hydrogen-bond acceptors (Lipinski definition) is 1. The lowest BCUT2D eigenvalue weighted by atomic mass is 11.0. The Hall–Kier alpha value is 0.177. The summed E-state index contributed by atoms with van der Waals surface area (Å²) in [6.07, 6.45) is 0. The molecule has 0 rings (SSSR count). The first kappa shape index (κ1) is 6.18. The second-order valence-corrected chi connectivity index (χ2v) is 4.36. The molecule has 0 amide bonds. The van der Waals surface area contributed by atoms with Crippen molar-refractivity contribution in [1.29, 1.82) is 0 Å². The van der Waals surface area contributed by atoms with Crippen LogP contribution in [0.15, 0.2) is 0 Å². The van der Waals surface area contributed by atoms with Crippen LogP contribution in [0.1, 0.15) is 6.92 Å². The minimum Gasteiger partial charge on any atom is -0.423 e. The normalized spacial score (nSPS) is 14.5. The molecular formula is C4H12OSi. The van der Waals surface area contributed by atoms with Gasteiger partial charge in [0.15, 0.2) is 9.04 Å². The molecular weight excluding hydrogens is 92.1 g/mol. The lowest BCUT2D eigenvalue weighted by molar-refractivity contribution is 0.425. The summed E-state index contributed by atoms with van der Waals surface area (Å²) in [6, 6.07) is 1.25. The van der Waals surface area contributed by atoms with Crippen LogP contribution >= 0.6 is 0 Å². The topological polar surface area (TPSA) is 9.23 Å². The van der Waals surface area contributed by atoms with Gasteiger partial charge in [0, 0.05) is 7.11 Å². The molecule has 0 spiro atoms. The van der Waals surface area contributed by atoms with E-state index in [1.54, 1.807) is 7.11 Å². The molecule has 0 aliphatic heterocycles. The first-order valence-corrected chi connectivity index (χ1v) is 4.78. The van der Waals surface area contributed by atoms with Gasteiger partial charge in [-0.25, -0.2) is 0 Å². The Morgan fingerprint density at radius 3 is 2.17 bits per heavy atom. The summed E-state index contributed by atoms with van der Waals surface area (Å²) >= 11 is 0. The van der Waals surface area contributed by atoms with E-state index in [0.717, 1.165) is 0 Å². The summed E-state index contributed by atoms with van der Waals surface area (Å²) in [5.41, 5.74) is 0. The Kier molecular flexibility index (Phi) is 3.47. The molecule has 0 bridgehead atoms. The molecule has 0 fully saturated rings. The smallest absolute Gasteiger partial charge is 0.173 e. The lowest BCUT2D eigenvalue weighted by Crippen LogP contribution is -2.06. The molecule has 38 valence electrons. The largest absolute Gasteiger partial charge is 0.423 e. The highest BCUT2D eigenvalue weighted by Gasteiger charge is 1.92. The Morgan fingerprint density at radius 1 is 1.67 bits per heavy atom. The predicted molar refractivity (Wildman–Crippen MR) is 30.5 cm³/mol. The van der Waals surface area contributed by atoms with E-state index in [-0.39, 0.29) is 0 Å². The SMILES string of the molecule is CC[SiH](C)OC. The molecule has 0 saturated heterocycles. The molecule has 0 aliphatic carbocycles. The van der Waals surface area contributed by atoms with Crippen LogP contribution < -0.4 is 0 Å². The van der Waals surface area contributed by atoms with E-state index in [4.69, 9.17) is 4.43 Å². The third-order valence-electron chi connectivity index (χ3n) is 0.977. The first-order chi connectivity index (χ1) is 2.81. The molecule has 0 aromatic rings. The molecule has 1 nitrogen and oxygen atoms in total. The first-order valence-electron chi connectivity index (χ1n) is 2.34. The van der Waals surface area contributed by atoms with Gasteiger partial charge in [0.05, 0.1) is 0 Å². The summed E-state index contributed by atoms with van der Waals surface area (Å²) in [5.74, 6) is 0. The van der Waals surface area contributed by atoms with Gasteiger partial charge in [0.25, 0.3) is 0 Å². The average Bonchev–Trinajstić information content (AvgIpc) is 1.65. The van der Waals surface area contributed by atoms with Crippen LogP contribution in [0.3, 0.4) is 0 Å². The zero-order valence-electron chi connectivity index (χ0n) is 4.69. The minimum absolute atomic E-state index is 0.660. The van der Waals surface area contributed by atoms with Crippen LogP contribution in [-0.2, 0) is 4.43 Å². The van der Waals surface area contributed by atoms with Gasteiger partial charge in [-0.3, -0.25) is 0 Å². The van der Waals surface area contributed by atoms with Crippen molar-refractivity contribution in [3.8, 4) is 0 Å². The summed E-state index contributed by atoms with van der Waals surface area (Å²) in [6.45, 7) is 4.36. The van der Waals surface area contributed by atoms with Gasteiger partial charge >= 0.3 is 0 Å². The second-order valence-electron chi connectivity index (χ2n) is 1.45. The number of hydrogen-bond donors (Lipinski definition) is 0. The monoisotopic (exact) mass is 104 g/mol. The van der Waals surface area contributed by atoms with Gasteiger partial charge in [-0.05, 0) is 12.6 Å². The standard InChI is InChI=1S/C4H12OSi/c1-4-6(3)5-2/h6H,4H2,1-3H3. The summed E-state index contributed by atoms with van der Waals surface area (Å²) < 4.78 is 5.04. The van der Waals surface area contributed by atoms with Crippen LogP contribution in [0.5, 0.6) is 0 Å². The maximum atomic E-state index is 5.04. The van der Waals surface area contributed by atoms with Crippen LogP contribution in [-0.4, -0.2) is 16.2 Å². The van der Waals surface area contributed by atoms with Crippen molar-refractivity contribution in [3.63, 3.8) is 0 Å². The van der Waals surface area contributed by atoms with Gasteiger partial charge in [0.1, 0.15) is 0 Å². The molecule has 0 saturated carbocycles. The molecule has 1 atom stereocenters. The third-order valence-corrected chi connectivity index (χ3v) is 2.93. The minimum atomic E-state index is -0.660. The maximum absolute atomic E-state index is 5.04. The fraction of sp³-hybridized carbons (Fsp3) is 1.00. The van der Waals surface area contributed by atoms with Crippen molar-refractivity contribution in [1.82, 2.24) is 0 Å². The summed E-state index contributed by atoms with van der Waals surface area (Å²) in [7, 11) is 1.13. The molecule has 0 aliphatic rings. The second kappa shape index (κ2) is 3.37. The average molecular weight is 104 g/mol. The van der Waals surface area contributed by atoms with Crippen molar-refractivity contribution in [3.05, 3.63) is 0 Å². The maximum Gasteiger partial charge on any atom is 0.173 e. The van der Waals surface area contributed by atoms with E-state index in [1.165, 1.54) is 6.04 Å². The van der Waals surface area contributed by atoms with Crippen LogP contribution in [0.25, 0.3) is 0 Å². The highest BCUT2D eigenvalue weighted by molar-refractivity contribution is 6.49. The molecule has 0 radical (unpaired) electrons. The van der Waals surface area contributed by atoms with Crippen LogP contribution in [0, 0.1) is 0 Å².